The molecule has 1 saturated heterocycles. The van der Waals surface area contributed by atoms with Crippen molar-refractivity contribution in [3.05, 3.63) is 40.9 Å². The third-order valence-electron chi connectivity index (χ3n) is 4.35. The van der Waals surface area contributed by atoms with E-state index in [0.29, 0.717) is 16.7 Å². The van der Waals surface area contributed by atoms with Crippen molar-refractivity contribution in [1.29, 1.82) is 0 Å². The standard InChI is InChI=1S/C17H22N4O2S.ClH/c1-12-10-21(14-5-3-13(4-6-14)16(22)23-2)8-7-20(12)11-15-9-19-17(18)24-15;/h3-6,9,12H,7-8,10-11H2,1-2H3,(H2,18,19);1H. The number of thiazole rings is 1. The van der Waals surface area contributed by atoms with Gasteiger partial charge in [0.2, 0.25) is 0 Å². The molecule has 3 rings (SSSR count). The number of carbonyl (C=O) groups is 1. The van der Waals surface area contributed by atoms with E-state index in [1.807, 2.05) is 30.5 Å². The maximum Gasteiger partial charge on any atom is 0.337 e. The fraction of sp³-hybridized carbons (Fsp3) is 0.412. The number of methoxy groups -OCH3 is 1. The molecule has 2 aromatic rings. The normalized spacial score (nSPS) is 17.8. The van der Waals surface area contributed by atoms with Gasteiger partial charge in [-0.05, 0) is 31.2 Å². The van der Waals surface area contributed by atoms with E-state index < -0.39 is 0 Å². The molecule has 1 aromatic carbocycles. The molecule has 0 saturated carbocycles. The Morgan fingerprint density at radius 2 is 2.08 bits per heavy atom. The van der Waals surface area contributed by atoms with Crippen molar-refractivity contribution in [3.63, 3.8) is 0 Å². The number of anilines is 2. The maximum absolute atomic E-state index is 11.5. The average molecular weight is 383 g/mol. The zero-order chi connectivity index (χ0) is 17.1. The van der Waals surface area contributed by atoms with E-state index in [0.717, 1.165) is 31.9 Å². The molecule has 6 nitrogen and oxygen atoms in total. The van der Waals surface area contributed by atoms with Crippen molar-refractivity contribution in [2.24, 2.45) is 0 Å². The Bertz CT molecular complexity index is 707. The van der Waals surface area contributed by atoms with E-state index in [4.69, 9.17) is 10.5 Å². The van der Waals surface area contributed by atoms with Crippen molar-refractivity contribution in [3.8, 4) is 0 Å². The van der Waals surface area contributed by atoms with Gasteiger partial charge in [-0.2, -0.15) is 0 Å². The molecule has 1 aromatic heterocycles. The van der Waals surface area contributed by atoms with Crippen LogP contribution in [0.5, 0.6) is 0 Å². The number of nitrogen functional groups attached to an aromatic ring is 1. The number of esters is 1. The highest BCUT2D eigenvalue weighted by molar-refractivity contribution is 7.15. The summed E-state index contributed by atoms with van der Waals surface area (Å²) >= 11 is 1.55. The molecular weight excluding hydrogens is 360 g/mol. The van der Waals surface area contributed by atoms with E-state index in [-0.39, 0.29) is 18.4 Å². The number of hydrogen-bond acceptors (Lipinski definition) is 7. The lowest BCUT2D eigenvalue weighted by molar-refractivity contribution is 0.0600. The highest BCUT2D eigenvalue weighted by atomic mass is 35.5. The molecule has 1 unspecified atom stereocenters. The lowest BCUT2D eigenvalue weighted by atomic mass is 10.1. The lowest BCUT2D eigenvalue weighted by Gasteiger charge is -2.40. The van der Waals surface area contributed by atoms with Gasteiger partial charge in [0.15, 0.2) is 5.13 Å². The van der Waals surface area contributed by atoms with Gasteiger partial charge < -0.3 is 15.4 Å². The van der Waals surface area contributed by atoms with Gasteiger partial charge in [-0.15, -0.1) is 23.7 Å². The van der Waals surface area contributed by atoms with Gasteiger partial charge in [0.25, 0.3) is 0 Å². The number of piperazine rings is 1. The third kappa shape index (κ3) is 4.62. The average Bonchev–Trinajstić information content (AvgIpc) is 3.01. The summed E-state index contributed by atoms with van der Waals surface area (Å²) in [5.41, 5.74) is 7.42. The minimum atomic E-state index is -0.302. The van der Waals surface area contributed by atoms with Gasteiger partial charge in [0.1, 0.15) is 0 Å². The molecule has 25 heavy (non-hydrogen) atoms. The smallest absolute Gasteiger partial charge is 0.337 e. The number of hydrogen-bond donors (Lipinski definition) is 1. The first-order valence-corrected chi connectivity index (χ1v) is 8.76. The Morgan fingerprint density at radius 3 is 2.64 bits per heavy atom. The number of rotatable bonds is 4. The highest BCUT2D eigenvalue weighted by Crippen LogP contribution is 2.23. The van der Waals surface area contributed by atoms with Crippen LogP contribution in [0.25, 0.3) is 0 Å². The summed E-state index contributed by atoms with van der Waals surface area (Å²) < 4.78 is 4.74. The first-order valence-electron chi connectivity index (χ1n) is 7.94. The zero-order valence-electron chi connectivity index (χ0n) is 14.3. The van der Waals surface area contributed by atoms with Crippen molar-refractivity contribution in [2.75, 3.05) is 37.4 Å². The van der Waals surface area contributed by atoms with Crippen molar-refractivity contribution in [1.82, 2.24) is 9.88 Å². The molecule has 0 aliphatic carbocycles. The van der Waals surface area contributed by atoms with Crippen LogP contribution < -0.4 is 10.6 Å². The summed E-state index contributed by atoms with van der Waals surface area (Å²) in [6.45, 7) is 6.02. The first kappa shape index (κ1) is 19.5. The van der Waals surface area contributed by atoms with Gasteiger partial charge in [-0.1, -0.05) is 0 Å². The Hall–Kier alpha value is -1.83. The fourth-order valence-corrected chi connectivity index (χ4v) is 3.70. The Balaban J connectivity index is 0.00000225. The number of ether oxygens (including phenoxy) is 1. The first-order chi connectivity index (χ1) is 11.6. The number of halogens is 1. The number of carbonyl (C=O) groups excluding carboxylic acids is 1. The number of nitrogens with zero attached hydrogens (tertiary/aromatic N) is 3. The van der Waals surface area contributed by atoms with Crippen LogP contribution in [0.3, 0.4) is 0 Å². The summed E-state index contributed by atoms with van der Waals surface area (Å²) in [6, 6.07) is 8.04. The minimum absolute atomic E-state index is 0. The molecule has 0 radical (unpaired) electrons. The SMILES string of the molecule is COC(=O)c1ccc(N2CCN(Cc3cnc(N)s3)C(C)C2)cc1.Cl. The highest BCUT2D eigenvalue weighted by Gasteiger charge is 2.24. The largest absolute Gasteiger partial charge is 0.465 e. The minimum Gasteiger partial charge on any atom is -0.465 e. The lowest BCUT2D eigenvalue weighted by Crippen LogP contribution is -2.51. The van der Waals surface area contributed by atoms with E-state index in [2.05, 4.69) is 21.7 Å². The van der Waals surface area contributed by atoms with Crippen molar-refractivity contribution in [2.45, 2.75) is 19.5 Å². The Morgan fingerprint density at radius 1 is 1.36 bits per heavy atom. The van der Waals surface area contributed by atoms with Crippen molar-refractivity contribution < 1.29 is 9.53 Å². The monoisotopic (exact) mass is 382 g/mol. The summed E-state index contributed by atoms with van der Waals surface area (Å²) in [4.78, 5) is 21.6. The number of benzene rings is 1. The Labute approximate surface area is 158 Å². The van der Waals surface area contributed by atoms with Gasteiger partial charge in [0, 0.05) is 49.0 Å². The fourth-order valence-electron chi connectivity index (χ4n) is 2.99. The molecule has 1 aliphatic heterocycles. The van der Waals surface area contributed by atoms with E-state index in [1.165, 1.54) is 12.0 Å². The molecule has 1 fully saturated rings. The van der Waals surface area contributed by atoms with Crippen LogP contribution in [0.2, 0.25) is 0 Å². The third-order valence-corrected chi connectivity index (χ3v) is 5.16. The van der Waals surface area contributed by atoms with Crippen LogP contribution in [0.1, 0.15) is 22.2 Å². The molecule has 0 spiro atoms. The molecule has 136 valence electrons. The van der Waals surface area contributed by atoms with Crippen molar-refractivity contribution >= 4 is 40.5 Å². The molecule has 1 aliphatic rings. The van der Waals surface area contributed by atoms with Gasteiger partial charge in [0.05, 0.1) is 12.7 Å². The van der Waals surface area contributed by atoms with Gasteiger partial charge in [-0.3, -0.25) is 4.90 Å². The molecule has 2 N–H and O–H groups in total. The van der Waals surface area contributed by atoms with Crippen LogP contribution in [-0.4, -0.2) is 48.6 Å². The van der Waals surface area contributed by atoms with Crippen LogP contribution in [0, 0.1) is 0 Å². The Kier molecular flexibility index (Phi) is 6.64. The van der Waals surface area contributed by atoms with Gasteiger partial charge >= 0.3 is 5.97 Å². The molecular formula is C17H23ClN4O2S. The second-order valence-corrected chi connectivity index (χ2v) is 7.12. The second kappa shape index (κ2) is 8.51. The van der Waals surface area contributed by atoms with E-state index in [1.54, 1.807) is 11.3 Å². The molecule has 1 atom stereocenters. The summed E-state index contributed by atoms with van der Waals surface area (Å²) in [6.07, 6.45) is 1.87. The van der Waals surface area contributed by atoms with Crippen LogP contribution in [0.4, 0.5) is 10.8 Å². The van der Waals surface area contributed by atoms with E-state index in [9.17, 15) is 4.79 Å². The predicted octanol–water partition coefficient (Wildman–Crippen LogP) is 2.64. The topological polar surface area (TPSA) is 71.7 Å². The quantitative estimate of drug-likeness (QED) is 0.819. The molecule has 0 bridgehead atoms. The predicted molar refractivity (Wildman–Crippen MR) is 104 cm³/mol. The summed E-state index contributed by atoms with van der Waals surface area (Å²) in [5, 5.41) is 0.627. The molecule has 8 heteroatoms. The van der Waals surface area contributed by atoms with Crippen LogP contribution in [-0.2, 0) is 11.3 Å². The zero-order valence-corrected chi connectivity index (χ0v) is 16.0. The summed E-state index contributed by atoms with van der Waals surface area (Å²) in [7, 11) is 1.40. The summed E-state index contributed by atoms with van der Waals surface area (Å²) in [5.74, 6) is -0.302. The molecule has 2 heterocycles. The number of nitrogens with two attached hydrogens (primary N) is 1. The van der Waals surface area contributed by atoms with E-state index >= 15 is 0 Å². The number of aromatic nitrogens is 1. The second-order valence-electron chi connectivity index (χ2n) is 5.97. The van der Waals surface area contributed by atoms with Gasteiger partial charge in [-0.25, -0.2) is 9.78 Å². The van der Waals surface area contributed by atoms with Crippen LogP contribution >= 0.6 is 23.7 Å². The molecule has 0 amide bonds. The maximum atomic E-state index is 11.5. The van der Waals surface area contributed by atoms with Crippen LogP contribution in [0.15, 0.2) is 30.5 Å².